The summed E-state index contributed by atoms with van der Waals surface area (Å²) in [7, 11) is 0. The molecule has 0 radical (unpaired) electrons. The first-order valence-corrected chi connectivity index (χ1v) is 6.88. The Morgan fingerprint density at radius 1 is 1.29 bits per heavy atom. The average Bonchev–Trinajstić information content (AvgIpc) is 2.98. The fourth-order valence-electron chi connectivity index (χ4n) is 2.25. The quantitative estimate of drug-likeness (QED) is 0.854. The number of likely N-dealkylation sites (tertiary alicyclic amines) is 1. The number of rotatable bonds is 3. The zero-order valence-corrected chi connectivity index (χ0v) is 11.8. The van der Waals surface area contributed by atoms with E-state index in [1.165, 1.54) is 0 Å². The molecule has 1 aliphatic heterocycles. The second-order valence-corrected chi connectivity index (χ2v) is 5.03. The van der Waals surface area contributed by atoms with Gasteiger partial charge in [-0.3, -0.25) is 4.79 Å². The molecule has 1 unspecified atom stereocenters. The minimum Gasteiger partial charge on any atom is -0.472 e. The summed E-state index contributed by atoms with van der Waals surface area (Å²) >= 11 is 0. The number of pyridine rings is 1. The number of hydrogen-bond acceptors (Lipinski definition) is 5. The Morgan fingerprint density at radius 3 is 2.81 bits per heavy atom. The molecule has 0 spiro atoms. The number of hydrogen-bond donors (Lipinski definition) is 0. The van der Waals surface area contributed by atoms with Gasteiger partial charge in [0.05, 0.1) is 6.54 Å². The van der Waals surface area contributed by atoms with Gasteiger partial charge in [0.25, 0.3) is 5.91 Å². The minimum atomic E-state index is -0.154. The second-order valence-electron chi connectivity index (χ2n) is 5.03. The van der Waals surface area contributed by atoms with Gasteiger partial charge in [0, 0.05) is 37.6 Å². The van der Waals surface area contributed by atoms with Crippen molar-refractivity contribution in [2.45, 2.75) is 19.4 Å². The number of nitrogens with zero attached hydrogens (tertiary/aromatic N) is 4. The van der Waals surface area contributed by atoms with Crippen LogP contribution in [0.25, 0.3) is 0 Å². The Balaban J connectivity index is 1.60. The zero-order chi connectivity index (χ0) is 14.7. The number of carbonyl (C=O) groups is 1. The van der Waals surface area contributed by atoms with Gasteiger partial charge < -0.3 is 9.64 Å². The van der Waals surface area contributed by atoms with Crippen molar-refractivity contribution in [1.29, 1.82) is 0 Å². The molecular weight excluding hydrogens is 268 g/mol. The normalized spacial score (nSPS) is 17.8. The number of ether oxygens (including phenoxy) is 1. The Kier molecular flexibility index (Phi) is 3.77. The first-order chi connectivity index (χ1) is 10.2. The van der Waals surface area contributed by atoms with Gasteiger partial charge in [0.2, 0.25) is 11.7 Å². The number of aryl methyl sites for hydroxylation is 1. The summed E-state index contributed by atoms with van der Waals surface area (Å²) in [5.74, 6) is 0.668. The maximum Gasteiger partial charge on any atom is 0.291 e. The highest BCUT2D eigenvalue weighted by Crippen LogP contribution is 2.17. The summed E-state index contributed by atoms with van der Waals surface area (Å²) in [4.78, 5) is 26.1. The summed E-state index contributed by atoms with van der Waals surface area (Å²) in [6.07, 6.45) is 5.66. The lowest BCUT2D eigenvalue weighted by atomic mass is 10.3. The van der Waals surface area contributed by atoms with Crippen molar-refractivity contribution in [3.63, 3.8) is 0 Å². The number of aromatic nitrogens is 3. The molecule has 6 heteroatoms. The van der Waals surface area contributed by atoms with Gasteiger partial charge >= 0.3 is 0 Å². The largest absolute Gasteiger partial charge is 0.472 e. The fourth-order valence-corrected chi connectivity index (χ4v) is 2.25. The molecule has 2 aromatic heterocycles. The molecule has 6 nitrogen and oxygen atoms in total. The van der Waals surface area contributed by atoms with Gasteiger partial charge in [-0.2, -0.15) is 0 Å². The lowest BCUT2D eigenvalue weighted by Crippen LogP contribution is -2.32. The Hall–Kier alpha value is -2.50. The maximum atomic E-state index is 12.2. The van der Waals surface area contributed by atoms with E-state index in [1.54, 1.807) is 29.6 Å². The van der Waals surface area contributed by atoms with E-state index >= 15 is 0 Å². The van der Waals surface area contributed by atoms with Crippen LogP contribution in [0, 0.1) is 6.92 Å². The predicted octanol–water partition coefficient (Wildman–Crippen LogP) is 1.47. The van der Waals surface area contributed by atoms with Gasteiger partial charge in [-0.25, -0.2) is 15.0 Å². The standard InChI is InChI=1S/C15H16N4O2/c1-11-3-4-13(18-9-11)21-12-5-8-19(10-12)15(20)14-16-6-2-7-17-14/h2-4,6-7,9,12H,5,8,10H2,1H3. The van der Waals surface area contributed by atoms with Crippen molar-refractivity contribution in [2.75, 3.05) is 13.1 Å². The first kappa shape index (κ1) is 13.5. The third-order valence-electron chi connectivity index (χ3n) is 3.36. The molecule has 1 amide bonds. The third-order valence-corrected chi connectivity index (χ3v) is 3.36. The molecule has 2 aromatic rings. The lowest BCUT2D eigenvalue weighted by molar-refractivity contribution is 0.0759. The van der Waals surface area contributed by atoms with E-state index in [4.69, 9.17) is 4.74 Å². The van der Waals surface area contributed by atoms with Crippen molar-refractivity contribution in [1.82, 2.24) is 19.9 Å². The highest BCUT2D eigenvalue weighted by molar-refractivity contribution is 5.90. The smallest absolute Gasteiger partial charge is 0.291 e. The van der Waals surface area contributed by atoms with Crippen LogP contribution in [0.2, 0.25) is 0 Å². The molecule has 0 bridgehead atoms. The second kappa shape index (κ2) is 5.87. The highest BCUT2D eigenvalue weighted by Gasteiger charge is 2.29. The monoisotopic (exact) mass is 284 g/mol. The average molecular weight is 284 g/mol. The van der Waals surface area contributed by atoms with Crippen LogP contribution in [-0.2, 0) is 0 Å². The topological polar surface area (TPSA) is 68.2 Å². The SMILES string of the molecule is Cc1ccc(OC2CCN(C(=O)c3ncccn3)C2)nc1. The summed E-state index contributed by atoms with van der Waals surface area (Å²) < 4.78 is 5.80. The predicted molar refractivity (Wildman–Crippen MR) is 75.9 cm³/mol. The van der Waals surface area contributed by atoms with Crippen LogP contribution in [0.5, 0.6) is 5.88 Å². The van der Waals surface area contributed by atoms with Crippen LogP contribution < -0.4 is 4.74 Å². The van der Waals surface area contributed by atoms with Crippen LogP contribution >= 0.6 is 0 Å². The van der Waals surface area contributed by atoms with Crippen LogP contribution in [-0.4, -0.2) is 45.0 Å². The molecule has 1 atom stereocenters. The molecule has 3 heterocycles. The van der Waals surface area contributed by atoms with Crippen LogP contribution in [0.1, 0.15) is 22.6 Å². The van der Waals surface area contributed by atoms with Crippen molar-refractivity contribution in [3.05, 3.63) is 48.2 Å². The molecule has 21 heavy (non-hydrogen) atoms. The molecule has 1 fully saturated rings. The van der Waals surface area contributed by atoms with Gasteiger partial charge in [-0.15, -0.1) is 0 Å². The van der Waals surface area contributed by atoms with E-state index in [-0.39, 0.29) is 17.8 Å². The Labute approximate surface area is 122 Å². The van der Waals surface area contributed by atoms with Crippen molar-refractivity contribution >= 4 is 5.91 Å². The molecule has 0 aliphatic carbocycles. The fraction of sp³-hybridized carbons (Fsp3) is 0.333. The Morgan fingerprint density at radius 2 is 2.10 bits per heavy atom. The van der Waals surface area contributed by atoms with Crippen LogP contribution in [0.4, 0.5) is 0 Å². The number of carbonyl (C=O) groups excluding carboxylic acids is 1. The molecule has 0 aromatic carbocycles. The summed E-state index contributed by atoms with van der Waals surface area (Å²) in [5.41, 5.74) is 1.09. The number of amides is 1. The van der Waals surface area contributed by atoms with Gasteiger partial charge in [-0.05, 0) is 18.6 Å². The van der Waals surface area contributed by atoms with E-state index in [2.05, 4.69) is 15.0 Å². The van der Waals surface area contributed by atoms with Gasteiger partial charge in [0.1, 0.15) is 6.10 Å². The molecule has 3 rings (SSSR count). The zero-order valence-electron chi connectivity index (χ0n) is 11.8. The van der Waals surface area contributed by atoms with Gasteiger partial charge in [0.15, 0.2) is 0 Å². The molecule has 1 saturated heterocycles. The van der Waals surface area contributed by atoms with Crippen molar-refractivity contribution in [3.8, 4) is 5.88 Å². The highest BCUT2D eigenvalue weighted by atomic mass is 16.5. The molecule has 0 saturated carbocycles. The van der Waals surface area contributed by atoms with E-state index in [1.807, 2.05) is 19.1 Å². The van der Waals surface area contributed by atoms with Crippen molar-refractivity contribution < 1.29 is 9.53 Å². The molecule has 0 N–H and O–H groups in total. The van der Waals surface area contributed by atoms with E-state index in [9.17, 15) is 4.79 Å². The van der Waals surface area contributed by atoms with Crippen molar-refractivity contribution in [2.24, 2.45) is 0 Å². The first-order valence-electron chi connectivity index (χ1n) is 6.88. The summed E-state index contributed by atoms with van der Waals surface area (Å²) in [5, 5.41) is 0. The van der Waals surface area contributed by atoms with E-state index < -0.39 is 0 Å². The van der Waals surface area contributed by atoms with Gasteiger partial charge in [-0.1, -0.05) is 6.07 Å². The summed E-state index contributed by atoms with van der Waals surface area (Å²) in [6, 6.07) is 5.49. The lowest BCUT2D eigenvalue weighted by Gasteiger charge is -2.16. The Bertz CT molecular complexity index is 615. The van der Waals surface area contributed by atoms with Crippen LogP contribution in [0.15, 0.2) is 36.8 Å². The molecular formula is C15H16N4O2. The third kappa shape index (κ3) is 3.16. The maximum absolute atomic E-state index is 12.2. The molecule has 108 valence electrons. The van der Waals surface area contributed by atoms with E-state index in [0.29, 0.717) is 19.0 Å². The van der Waals surface area contributed by atoms with Crippen LogP contribution in [0.3, 0.4) is 0 Å². The summed E-state index contributed by atoms with van der Waals surface area (Å²) in [6.45, 7) is 3.16. The van der Waals surface area contributed by atoms with E-state index in [0.717, 1.165) is 12.0 Å². The minimum absolute atomic E-state index is 0.0344. The molecule has 1 aliphatic rings.